The average Bonchev–Trinajstić information content (AvgIpc) is 2.75. The Labute approximate surface area is 180 Å². The maximum atomic E-state index is 13.8. The van der Waals surface area contributed by atoms with Crippen molar-refractivity contribution in [3.05, 3.63) is 89.7 Å². The van der Waals surface area contributed by atoms with Gasteiger partial charge >= 0.3 is 0 Å². The number of nitrogens with one attached hydrogen (secondary N) is 2. The van der Waals surface area contributed by atoms with Gasteiger partial charge in [0.15, 0.2) is 16.6 Å². The fourth-order valence-corrected chi connectivity index (χ4v) is 2.78. The van der Waals surface area contributed by atoms with Crippen LogP contribution in [0, 0.1) is 5.82 Å². The van der Waals surface area contributed by atoms with E-state index in [1.165, 1.54) is 6.07 Å². The molecule has 0 spiro atoms. The van der Waals surface area contributed by atoms with Gasteiger partial charge in [-0.05, 0) is 61.1 Å². The molecular formula is C23H22FN3O2S. The van der Waals surface area contributed by atoms with Crippen LogP contribution in [-0.2, 0) is 6.61 Å². The Morgan fingerprint density at radius 2 is 1.77 bits per heavy atom. The lowest BCUT2D eigenvalue weighted by Crippen LogP contribution is -2.23. The van der Waals surface area contributed by atoms with Crippen LogP contribution in [0.4, 0.5) is 10.1 Å². The van der Waals surface area contributed by atoms with E-state index in [4.69, 9.17) is 21.7 Å². The Morgan fingerprint density at radius 1 is 1.00 bits per heavy atom. The largest absolute Gasteiger partial charge is 0.490 e. The summed E-state index contributed by atoms with van der Waals surface area (Å²) in [4.78, 5) is 0. The molecule has 0 bridgehead atoms. The molecule has 7 heteroatoms. The number of hydrogen-bond acceptors (Lipinski definition) is 4. The van der Waals surface area contributed by atoms with Crippen LogP contribution in [0.5, 0.6) is 11.5 Å². The van der Waals surface area contributed by atoms with Crippen molar-refractivity contribution in [2.75, 3.05) is 11.9 Å². The second kappa shape index (κ2) is 10.9. The minimum absolute atomic E-state index is 0.112. The highest BCUT2D eigenvalue weighted by atomic mass is 32.1. The molecule has 3 aromatic carbocycles. The van der Waals surface area contributed by atoms with Crippen LogP contribution in [0.3, 0.4) is 0 Å². The summed E-state index contributed by atoms with van der Waals surface area (Å²) >= 11 is 5.22. The maximum absolute atomic E-state index is 13.8. The van der Waals surface area contributed by atoms with Gasteiger partial charge in [-0.2, -0.15) is 5.10 Å². The lowest BCUT2D eigenvalue weighted by Gasteiger charge is -2.13. The Kier molecular flexibility index (Phi) is 7.74. The van der Waals surface area contributed by atoms with Gasteiger partial charge < -0.3 is 14.8 Å². The first-order valence-corrected chi connectivity index (χ1v) is 9.84. The number of hydrazone groups is 1. The molecule has 3 aromatic rings. The van der Waals surface area contributed by atoms with Crippen LogP contribution in [0.25, 0.3) is 0 Å². The van der Waals surface area contributed by atoms with E-state index in [9.17, 15) is 4.39 Å². The monoisotopic (exact) mass is 423 g/mol. The van der Waals surface area contributed by atoms with Crippen molar-refractivity contribution in [2.45, 2.75) is 13.5 Å². The zero-order chi connectivity index (χ0) is 21.2. The summed E-state index contributed by atoms with van der Waals surface area (Å²) < 4.78 is 25.2. The van der Waals surface area contributed by atoms with Crippen molar-refractivity contribution in [3.63, 3.8) is 0 Å². The van der Waals surface area contributed by atoms with Crippen molar-refractivity contribution < 1.29 is 13.9 Å². The summed E-state index contributed by atoms with van der Waals surface area (Å²) in [6.07, 6.45) is 1.63. The van der Waals surface area contributed by atoms with Crippen molar-refractivity contribution in [1.29, 1.82) is 0 Å². The average molecular weight is 424 g/mol. The molecular weight excluding hydrogens is 401 g/mol. The van der Waals surface area contributed by atoms with Crippen LogP contribution in [-0.4, -0.2) is 17.9 Å². The lowest BCUT2D eigenvalue weighted by atomic mass is 10.2. The summed E-state index contributed by atoms with van der Waals surface area (Å²) in [5.74, 6) is 0.791. The van der Waals surface area contributed by atoms with Gasteiger partial charge in [0.1, 0.15) is 12.4 Å². The SMILES string of the molecule is CCOc1cc(C=NNC(=S)Nc2ccccc2)ccc1OCc1ccccc1F. The first-order chi connectivity index (χ1) is 14.7. The minimum Gasteiger partial charge on any atom is -0.490 e. The number of rotatable bonds is 8. The highest BCUT2D eigenvalue weighted by Gasteiger charge is 2.08. The molecule has 30 heavy (non-hydrogen) atoms. The third-order valence-electron chi connectivity index (χ3n) is 4.02. The zero-order valence-corrected chi connectivity index (χ0v) is 17.3. The molecule has 0 aliphatic heterocycles. The number of halogens is 1. The van der Waals surface area contributed by atoms with Crippen molar-refractivity contribution >= 4 is 29.2 Å². The van der Waals surface area contributed by atoms with Crippen molar-refractivity contribution in [1.82, 2.24) is 5.43 Å². The maximum Gasteiger partial charge on any atom is 0.191 e. The minimum atomic E-state index is -0.301. The van der Waals surface area contributed by atoms with Crippen LogP contribution in [0.15, 0.2) is 77.9 Å². The van der Waals surface area contributed by atoms with Crippen molar-refractivity contribution in [3.8, 4) is 11.5 Å². The molecule has 5 nitrogen and oxygen atoms in total. The molecule has 0 fully saturated rings. The second-order valence-electron chi connectivity index (χ2n) is 6.21. The highest BCUT2D eigenvalue weighted by molar-refractivity contribution is 7.80. The second-order valence-corrected chi connectivity index (χ2v) is 6.62. The molecule has 0 atom stereocenters. The number of benzene rings is 3. The number of hydrogen-bond donors (Lipinski definition) is 2. The smallest absolute Gasteiger partial charge is 0.191 e. The van der Waals surface area contributed by atoms with E-state index in [-0.39, 0.29) is 12.4 Å². The fourth-order valence-electron chi connectivity index (χ4n) is 2.61. The van der Waals surface area contributed by atoms with Gasteiger partial charge in [0.25, 0.3) is 0 Å². The van der Waals surface area contributed by atoms with E-state index < -0.39 is 0 Å². The Bertz CT molecular complexity index is 1010. The van der Waals surface area contributed by atoms with Crippen molar-refractivity contribution in [2.24, 2.45) is 5.10 Å². The normalized spacial score (nSPS) is 10.6. The third kappa shape index (κ3) is 6.28. The molecule has 0 saturated carbocycles. The van der Waals surface area contributed by atoms with Gasteiger partial charge in [0.2, 0.25) is 0 Å². The Morgan fingerprint density at radius 3 is 2.53 bits per heavy atom. The van der Waals surface area contributed by atoms with Gasteiger partial charge in [0, 0.05) is 11.3 Å². The van der Waals surface area contributed by atoms with Crippen LogP contribution in [0.2, 0.25) is 0 Å². The standard InChI is InChI=1S/C23H22FN3O2S/c1-2-28-22-14-17(15-25-27-23(30)26-19-9-4-3-5-10-19)12-13-21(22)29-16-18-8-6-7-11-20(18)24/h3-15H,2,16H2,1H3,(H2,26,27,30). The van der Waals surface area contributed by atoms with Gasteiger partial charge in [-0.25, -0.2) is 4.39 Å². The van der Waals surface area contributed by atoms with Crippen LogP contribution in [0.1, 0.15) is 18.1 Å². The number of nitrogens with zero attached hydrogens (tertiary/aromatic N) is 1. The summed E-state index contributed by atoms with van der Waals surface area (Å²) in [6, 6.07) is 21.5. The molecule has 0 unspecified atom stereocenters. The molecule has 2 N–H and O–H groups in total. The van der Waals surface area contributed by atoms with E-state index in [0.717, 1.165) is 11.3 Å². The highest BCUT2D eigenvalue weighted by Crippen LogP contribution is 2.29. The number of ether oxygens (including phenoxy) is 2. The predicted octanol–water partition coefficient (Wildman–Crippen LogP) is 5.12. The summed E-state index contributed by atoms with van der Waals surface area (Å²) in [5.41, 5.74) is 4.93. The van der Waals surface area contributed by atoms with Gasteiger partial charge in [-0.1, -0.05) is 36.4 Å². The fraction of sp³-hybridized carbons (Fsp3) is 0.130. The quantitative estimate of drug-likeness (QED) is 0.299. The lowest BCUT2D eigenvalue weighted by molar-refractivity contribution is 0.266. The number of thiocarbonyl (C=S) groups is 1. The first-order valence-electron chi connectivity index (χ1n) is 9.44. The number of para-hydroxylation sites is 1. The molecule has 0 amide bonds. The van der Waals surface area contributed by atoms with Crippen LogP contribution < -0.4 is 20.2 Å². The molecule has 0 aliphatic carbocycles. The zero-order valence-electron chi connectivity index (χ0n) is 16.5. The molecule has 0 aliphatic rings. The van der Waals surface area contributed by atoms with Gasteiger partial charge in [0.05, 0.1) is 12.8 Å². The number of anilines is 1. The van der Waals surface area contributed by atoms with Gasteiger partial charge in [-0.3, -0.25) is 5.43 Å². The Hall–Kier alpha value is -3.45. The van der Waals surface area contributed by atoms with E-state index in [1.807, 2.05) is 43.3 Å². The van der Waals surface area contributed by atoms with E-state index in [2.05, 4.69) is 15.8 Å². The summed E-state index contributed by atoms with van der Waals surface area (Å²) in [7, 11) is 0. The van der Waals surface area contributed by atoms with Gasteiger partial charge in [-0.15, -0.1) is 0 Å². The van der Waals surface area contributed by atoms with E-state index in [0.29, 0.717) is 28.8 Å². The topological polar surface area (TPSA) is 54.9 Å². The molecule has 0 saturated heterocycles. The molecule has 3 rings (SSSR count). The molecule has 0 aromatic heterocycles. The molecule has 154 valence electrons. The van der Waals surface area contributed by atoms with E-state index >= 15 is 0 Å². The van der Waals surface area contributed by atoms with Crippen LogP contribution >= 0.6 is 12.2 Å². The van der Waals surface area contributed by atoms with E-state index in [1.54, 1.807) is 36.5 Å². The molecule has 0 radical (unpaired) electrons. The molecule has 0 heterocycles. The summed E-state index contributed by atoms with van der Waals surface area (Å²) in [6.45, 7) is 2.47. The first kappa shape index (κ1) is 21.3. The summed E-state index contributed by atoms with van der Waals surface area (Å²) in [5, 5.41) is 7.57. The Balaban J connectivity index is 1.61. The third-order valence-corrected chi connectivity index (χ3v) is 4.21. The predicted molar refractivity (Wildman–Crippen MR) is 122 cm³/mol.